The number of hydrogen-bond donors (Lipinski definition) is 2. The Morgan fingerprint density at radius 1 is 1.35 bits per heavy atom. The van der Waals surface area contributed by atoms with Gasteiger partial charge in [0.15, 0.2) is 0 Å². The SMILES string of the molecule is Cc1cccc(C)c1OC[C@H](O)CN1CCC[C@@H](O)C1. The molecule has 4 nitrogen and oxygen atoms in total. The van der Waals surface area contributed by atoms with E-state index in [0.29, 0.717) is 13.1 Å². The number of hydrogen-bond acceptors (Lipinski definition) is 4. The van der Waals surface area contributed by atoms with Crippen molar-refractivity contribution >= 4 is 0 Å². The average molecular weight is 279 g/mol. The number of benzene rings is 1. The van der Waals surface area contributed by atoms with Crippen molar-refractivity contribution in [2.75, 3.05) is 26.2 Å². The Hall–Kier alpha value is -1.10. The molecule has 1 heterocycles. The lowest BCUT2D eigenvalue weighted by molar-refractivity contribution is 0.0241. The van der Waals surface area contributed by atoms with Gasteiger partial charge in [-0.25, -0.2) is 0 Å². The monoisotopic (exact) mass is 279 g/mol. The van der Waals surface area contributed by atoms with Crippen molar-refractivity contribution in [1.82, 2.24) is 4.90 Å². The molecule has 0 aliphatic carbocycles. The number of aliphatic hydroxyl groups excluding tert-OH is 2. The minimum absolute atomic E-state index is 0.254. The van der Waals surface area contributed by atoms with Gasteiger partial charge in [0.05, 0.1) is 6.10 Å². The van der Waals surface area contributed by atoms with Crippen molar-refractivity contribution in [3.63, 3.8) is 0 Å². The van der Waals surface area contributed by atoms with Crippen LogP contribution < -0.4 is 4.74 Å². The van der Waals surface area contributed by atoms with Gasteiger partial charge in [-0.2, -0.15) is 0 Å². The molecule has 2 rings (SSSR count). The number of β-amino-alcohol motifs (C(OH)–C–C–N with tert-alkyl or cyclic N) is 2. The van der Waals surface area contributed by atoms with Crippen LogP contribution in [0.2, 0.25) is 0 Å². The van der Waals surface area contributed by atoms with Gasteiger partial charge in [-0.1, -0.05) is 18.2 Å². The highest BCUT2D eigenvalue weighted by Crippen LogP contribution is 2.22. The third kappa shape index (κ3) is 4.20. The standard InChI is InChI=1S/C16H25NO3/c1-12-5-3-6-13(2)16(12)20-11-15(19)10-17-8-4-7-14(18)9-17/h3,5-6,14-15,18-19H,4,7-11H2,1-2H3/t14-,15-/m1/s1. The zero-order chi connectivity index (χ0) is 14.5. The summed E-state index contributed by atoms with van der Waals surface area (Å²) in [5, 5.41) is 19.7. The predicted octanol–water partition coefficient (Wildman–Crippen LogP) is 1.50. The van der Waals surface area contributed by atoms with E-state index in [4.69, 9.17) is 4.74 Å². The Labute approximate surface area is 121 Å². The lowest BCUT2D eigenvalue weighted by Crippen LogP contribution is -2.43. The van der Waals surface area contributed by atoms with Crippen molar-refractivity contribution in [3.8, 4) is 5.75 Å². The summed E-state index contributed by atoms with van der Waals surface area (Å²) in [6.07, 6.45) is 1.08. The van der Waals surface area contributed by atoms with E-state index >= 15 is 0 Å². The Morgan fingerprint density at radius 3 is 2.70 bits per heavy atom. The molecular formula is C16H25NO3. The van der Waals surface area contributed by atoms with Gasteiger partial charge in [-0.15, -0.1) is 0 Å². The zero-order valence-corrected chi connectivity index (χ0v) is 12.4. The van der Waals surface area contributed by atoms with E-state index in [1.54, 1.807) is 0 Å². The average Bonchev–Trinajstić information content (AvgIpc) is 2.38. The molecule has 112 valence electrons. The van der Waals surface area contributed by atoms with Crippen molar-refractivity contribution < 1.29 is 14.9 Å². The first kappa shape index (κ1) is 15.3. The molecular weight excluding hydrogens is 254 g/mol. The zero-order valence-electron chi connectivity index (χ0n) is 12.4. The summed E-state index contributed by atoms with van der Waals surface area (Å²) < 4.78 is 5.76. The third-order valence-electron chi connectivity index (χ3n) is 3.78. The summed E-state index contributed by atoms with van der Waals surface area (Å²) >= 11 is 0. The summed E-state index contributed by atoms with van der Waals surface area (Å²) in [7, 11) is 0. The number of ether oxygens (including phenoxy) is 1. The second-order valence-electron chi connectivity index (χ2n) is 5.74. The highest BCUT2D eigenvalue weighted by molar-refractivity contribution is 5.39. The molecule has 0 spiro atoms. The molecule has 0 unspecified atom stereocenters. The van der Waals surface area contributed by atoms with E-state index in [9.17, 15) is 10.2 Å². The molecule has 20 heavy (non-hydrogen) atoms. The van der Waals surface area contributed by atoms with Crippen LogP contribution in [0.15, 0.2) is 18.2 Å². The summed E-state index contributed by atoms with van der Waals surface area (Å²) in [5.74, 6) is 0.866. The van der Waals surface area contributed by atoms with Crippen LogP contribution in [0.25, 0.3) is 0 Å². The van der Waals surface area contributed by atoms with Crippen molar-refractivity contribution in [2.45, 2.75) is 38.9 Å². The second kappa shape index (κ2) is 7.07. The van der Waals surface area contributed by atoms with Crippen LogP contribution in [0.5, 0.6) is 5.75 Å². The first-order valence-electron chi connectivity index (χ1n) is 7.33. The molecule has 1 aromatic carbocycles. The Morgan fingerprint density at radius 2 is 2.05 bits per heavy atom. The Kier molecular flexibility index (Phi) is 5.40. The van der Waals surface area contributed by atoms with Gasteiger partial charge in [0.2, 0.25) is 0 Å². The van der Waals surface area contributed by atoms with E-state index < -0.39 is 6.10 Å². The van der Waals surface area contributed by atoms with Gasteiger partial charge in [0, 0.05) is 13.1 Å². The smallest absolute Gasteiger partial charge is 0.125 e. The molecule has 2 N–H and O–H groups in total. The van der Waals surface area contributed by atoms with Gasteiger partial charge in [-0.3, -0.25) is 4.90 Å². The number of aliphatic hydroxyl groups is 2. The molecule has 1 aliphatic rings. The highest BCUT2D eigenvalue weighted by Gasteiger charge is 2.20. The highest BCUT2D eigenvalue weighted by atomic mass is 16.5. The topological polar surface area (TPSA) is 52.9 Å². The maximum Gasteiger partial charge on any atom is 0.125 e. The maximum absolute atomic E-state index is 10.1. The number of para-hydroxylation sites is 1. The first-order valence-corrected chi connectivity index (χ1v) is 7.33. The second-order valence-corrected chi connectivity index (χ2v) is 5.74. The number of likely N-dealkylation sites (tertiary alicyclic amines) is 1. The molecule has 4 heteroatoms. The van der Waals surface area contributed by atoms with Crippen LogP contribution in [0.3, 0.4) is 0 Å². The van der Waals surface area contributed by atoms with Crippen LogP contribution in [0, 0.1) is 13.8 Å². The predicted molar refractivity (Wildman–Crippen MR) is 79.1 cm³/mol. The largest absolute Gasteiger partial charge is 0.490 e. The minimum atomic E-state index is -0.528. The van der Waals surface area contributed by atoms with Gasteiger partial charge in [0.1, 0.15) is 18.5 Å². The van der Waals surface area contributed by atoms with Gasteiger partial charge >= 0.3 is 0 Å². The fourth-order valence-corrected chi connectivity index (χ4v) is 2.75. The number of piperidine rings is 1. The quantitative estimate of drug-likeness (QED) is 0.857. The molecule has 1 aromatic rings. The Balaban J connectivity index is 1.81. The number of aryl methyl sites for hydroxylation is 2. The third-order valence-corrected chi connectivity index (χ3v) is 3.78. The van der Waals surface area contributed by atoms with Crippen LogP contribution in [-0.4, -0.2) is 53.6 Å². The van der Waals surface area contributed by atoms with E-state index in [0.717, 1.165) is 36.3 Å². The fourth-order valence-electron chi connectivity index (χ4n) is 2.75. The summed E-state index contributed by atoms with van der Waals surface area (Å²) in [6, 6.07) is 6.02. The molecule has 0 radical (unpaired) electrons. The molecule has 1 fully saturated rings. The van der Waals surface area contributed by atoms with Crippen LogP contribution in [0.4, 0.5) is 0 Å². The van der Waals surface area contributed by atoms with E-state index in [1.165, 1.54) is 0 Å². The Bertz CT molecular complexity index is 415. The summed E-state index contributed by atoms with van der Waals surface area (Å²) in [5.41, 5.74) is 2.18. The van der Waals surface area contributed by atoms with Crippen molar-refractivity contribution in [2.24, 2.45) is 0 Å². The summed E-state index contributed by atoms with van der Waals surface area (Å²) in [4.78, 5) is 2.10. The molecule has 0 amide bonds. The van der Waals surface area contributed by atoms with Crippen LogP contribution >= 0.6 is 0 Å². The molecule has 1 aliphatic heterocycles. The molecule has 2 atom stereocenters. The van der Waals surface area contributed by atoms with Crippen molar-refractivity contribution in [3.05, 3.63) is 29.3 Å². The van der Waals surface area contributed by atoms with E-state index in [1.807, 2.05) is 32.0 Å². The number of rotatable bonds is 5. The molecule has 0 bridgehead atoms. The fraction of sp³-hybridized carbons (Fsp3) is 0.625. The molecule has 0 aromatic heterocycles. The number of nitrogens with zero attached hydrogens (tertiary/aromatic N) is 1. The van der Waals surface area contributed by atoms with Gasteiger partial charge in [-0.05, 0) is 44.4 Å². The maximum atomic E-state index is 10.1. The molecule has 0 saturated carbocycles. The normalized spacial score (nSPS) is 21.7. The first-order chi connectivity index (χ1) is 9.56. The van der Waals surface area contributed by atoms with Crippen molar-refractivity contribution in [1.29, 1.82) is 0 Å². The van der Waals surface area contributed by atoms with E-state index in [2.05, 4.69) is 4.90 Å². The van der Waals surface area contributed by atoms with Crippen LogP contribution in [0.1, 0.15) is 24.0 Å². The molecule has 1 saturated heterocycles. The van der Waals surface area contributed by atoms with E-state index in [-0.39, 0.29) is 12.7 Å². The lowest BCUT2D eigenvalue weighted by Gasteiger charge is -2.31. The lowest BCUT2D eigenvalue weighted by atomic mass is 10.1. The minimum Gasteiger partial charge on any atom is -0.490 e. The van der Waals surface area contributed by atoms with Gasteiger partial charge < -0.3 is 14.9 Å². The summed E-state index contributed by atoms with van der Waals surface area (Å²) in [6.45, 7) is 6.46. The van der Waals surface area contributed by atoms with Gasteiger partial charge in [0.25, 0.3) is 0 Å². The van der Waals surface area contributed by atoms with Crippen LogP contribution in [-0.2, 0) is 0 Å².